The Morgan fingerprint density at radius 1 is 1.16 bits per heavy atom. The molecule has 22 nitrogen and oxygen atoms in total. The number of aliphatic imine (C=N–C) groups is 1. The third-order valence-electron chi connectivity index (χ3n) is 6.99. The van der Waals surface area contributed by atoms with Crippen LogP contribution in [0.25, 0.3) is 11.2 Å². The Bertz CT molecular complexity index is 1640. The number of hydrogen-bond donors (Lipinski definition) is 8. The Morgan fingerprint density at radius 2 is 1.93 bits per heavy atom. The Kier molecular flexibility index (Phi) is 8.43. The summed E-state index contributed by atoms with van der Waals surface area (Å²) in [6.45, 7) is -0.599. The summed E-state index contributed by atoms with van der Waals surface area (Å²) in [5.74, 6) is 0.196. The molecule has 6 heterocycles. The monoisotopic (exact) mass is 661 g/mol. The Labute approximate surface area is 247 Å². The molecular weight excluding hydrogens is 632 g/mol. The van der Waals surface area contributed by atoms with Gasteiger partial charge in [0.2, 0.25) is 8.03 Å². The topological polar surface area (TPSA) is 325 Å². The zero-order chi connectivity index (χ0) is 31.3. The maximum atomic E-state index is 13.1. The molecule has 0 bridgehead atoms. The standard InChI is InChI=1S/C20H29N11O11P2/c21-14-10-16(25-3-24-14)30(4-26-10)9-1-7(32)8(40-9)2-39-44(36,37)42-13-12(33)19(38-6-43(34)35)41-18(13)31-5-27-11-15(22)28-20(23)29-17(11)31/h3-5,7-9,12-13,15,18-19,32-33,43H,1-2,6,22H2,(H,34,35)(H,36,37)(H2,21,24,25)(H3,23,28,29)/t7-,8-,9-,12-,13+,15?,18-,19+/m1/s1. The number of guanidine groups is 1. The van der Waals surface area contributed by atoms with Gasteiger partial charge in [-0.2, -0.15) is 4.99 Å². The molecule has 44 heavy (non-hydrogen) atoms. The number of nitrogen functional groups attached to an aromatic ring is 1. The van der Waals surface area contributed by atoms with E-state index in [2.05, 4.69) is 30.2 Å². The average Bonchev–Trinajstić information content (AvgIpc) is 3.72. The van der Waals surface area contributed by atoms with Gasteiger partial charge in [-0.1, -0.05) is 0 Å². The number of ether oxygens (including phenoxy) is 3. The Morgan fingerprint density at radius 3 is 2.70 bits per heavy atom. The van der Waals surface area contributed by atoms with Crippen LogP contribution in [-0.2, 0) is 32.4 Å². The van der Waals surface area contributed by atoms with Gasteiger partial charge in [-0.25, -0.2) is 24.5 Å². The summed E-state index contributed by atoms with van der Waals surface area (Å²) in [5.41, 5.74) is 18.6. The van der Waals surface area contributed by atoms with E-state index in [-0.39, 0.29) is 29.7 Å². The van der Waals surface area contributed by atoms with Crippen molar-refractivity contribution in [1.29, 1.82) is 0 Å². The molecule has 6 rings (SSSR count). The molecule has 0 aliphatic carbocycles. The molecule has 0 radical (unpaired) electrons. The molecule has 3 aromatic heterocycles. The van der Waals surface area contributed by atoms with Crippen molar-refractivity contribution < 1.29 is 52.4 Å². The summed E-state index contributed by atoms with van der Waals surface area (Å²) in [5, 5.41) is 24.2. The third kappa shape index (κ3) is 5.95. The highest BCUT2D eigenvalue weighted by Crippen LogP contribution is 2.50. The molecule has 240 valence electrons. The third-order valence-corrected chi connectivity index (χ3v) is 8.39. The van der Waals surface area contributed by atoms with Crippen molar-refractivity contribution in [2.24, 2.45) is 16.5 Å². The SMILES string of the molecule is NC1=Nc2c(ncn2[C@@H]2O[C@H](OC[PH](=O)O)[C@H](O)[C@@H]2OP(=O)(O)OC[C@H]2O[C@@H](n3cnc4c(N)ncnc43)C[C@H]2O)C(N)N1. The second-order valence-corrected chi connectivity index (χ2v) is 12.4. The number of phosphoric ester groups is 1. The van der Waals surface area contributed by atoms with Gasteiger partial charge in [0.05, 0.1) is 25.4 Å². The van der Waals surface area contributed by atoms with Crippen molar-refractivity contribution in [1.82, 2.24) is 34.4 Å². The highest BCUT2D eigenvalue weighted by atomic mass is 31.2. The maximum Gasteiger partial charge on any atom is 0.472 e. The van der Waals surface area contributed by atoms with E-state index >= 15 is 0 Å². The number of anilines is 1. The predicted molar refractivity (Wildman–Crippen MR) is 146 cm³/mol. The second-order valence-electron chi connectivity index (χ2n) is 9.92. The van der Waals surface area contributed by atoms with E-state index in [1.54, 1.807) is 0 Å². The van der Waals surface area contributed by atoms with E-state index in [0.29, 0.717) is 11.2 Å². The van der Waals surface area contributed by atoms with Gasteiger partial charge in [-0.05, 0) is 0 Å². The molecule has 10 atom stereocenters. The molecule has 3 aromatic rings. The number of rotatable bonds is 10. The summed E-state index contributed by atoms with van der Waals surface area (Å²) in [4.78, 5) is 40.3. The van der Waals surface area contributed by atoms with Crippen molar-refractivity contribution in [3.63, 3.8) is 0 Å². The zero-order valence-corrected chi connectivity index (χ0v) is 24.3. The quantitative estimate of drug-likeness (QED) is 0.105. The molecule has 3 unspecified atom stereocenters. The van der Waals surface area contributed by atoms with E-state index in [1.165, 1.54) is 28.1 Å². The minimum atomic E-state index is -5.02. The van der Waals surface area contributed by atoms with Gasteiger partial charge >= 0.3 is 7.82 Å². The van der Waals surface area contributed by atoms with Gasteiger partial charge in [0.15, 0.2) is 35.8 Å². The minimum absolute atomic E-state index is 0.0568. The summed E-state index contributed by atoms with van der Waals surface area (Å²) in [7, 11) is -8.14. The second kappa shape index (κ2) is 12.0. The van der Waals surface area contributed by atoms with Gasteiger partial charge < -0.3 is 56.7 Å². The molecule has 11 N–H and O–H groups in total. The molecule has 3 aliphatic heterocycles. The minimum Gasteiger partial charge on any atom is -0.390 e. The highest BCUT2D eigenvalue weighted by Gasteiger charge is 2.51. The van der Waals surface area contributed by atoms with Crippen molar-refractivity contribution >= 4 is 44.6 Å². The largest absolute Gasteiger partial charge is 0.472 e. The highest BCUT2D eigenvalue weighted by molar-refractivity contribution is 7.47. The number of nitrogens with zero attached hydrogens (tertiary/aromatic N) is 7. The number of aromatic nitrogens is 6. The maximum absolute atomic E-state index is 13.1. The summed E-state index contributed by atoms with van der Waals surface area (Å²) in [6, 6.07) is 0. The number of hydrogen-bond acceptors (Lipinski definition) is 18. The van der Waals surface area contributed by atoms with E-state index in [0.717, 1.165) is 0 Å². The summed E-state index contributed by atoms with van der Waals surface area (Å²) in [6.07, 6.45) is -6.93. The van der Waals surface area contributed by atoms with E-state index in [4.69, 9.17) is 40.5 Å². The van der Waals surface area contributed by atoms with Crippen LogP contribution in [0.15, 0.2) is 24.0 Å². The molecule has 0 aromatic carbocycles. The van der Waals surface area contributed by atoms with Crippen molar-refractivity contribution in [2.45, 2.75) is 55.7 Å². The fourth-order valence-corrected chi connectivity index (χ4v) is 6.22. The summed E-state index contributed by atoms with van der Waals surface area (Å²) < 4.78 is 54.3. The number of aliphatic hydroxyl groups is 2. The number of nitrogens with one attached hydrogen (secondary N) is 1. The van der Waals surface area contributed by atoms with E-state index in [1.807, 2.05) is 0 Å². The first-order chi connectivity index (χ1) is 20.9. The molecular formula is C20H29N11O11P2. The number of nitrogens with two attached hydrogens (primary N) is 3. The molecule has 0 saturated carbocycles. The molecule has 0 spiro atoms. The van der Waals surface area contributed by atoms with Gasteiger partial charge in [0.1, 0.15) is 54.6 Å². The van der Waals surface area contributed by atoms with Gasteiger partial charge in [0.25, 0.3) is 0 Å². The van der Waals surface area contributed by atoms with Crippen LogP contribution < -0.4 is 22.5 Å². The zero-order valence-electron chi connectivity index (χ0n) is 22.4. The lowest BCUT2D eigenvalue weighted by molar-refractivity contribution is -0.166. The predicted octanol–water partition coefficient (Wildman–Crippen LogP) is -2.38. The first kappa shape index (κ1) is 30.9. The normalized spacial score (nSPS) is 32.2. The van der Waals surface area contributed by atoms with Crippen LogP contribution >= 0.6 is 15.9 Å². The van der Waals surface area contributed by atoms with Gasteiger partial charge in [-0.3, -0.25) is 22.7 Å². The Hall–Kier alpha value is -3.11. The smallest absolute Gasteiger partial charge is 0.390 e. The van der Waals surface area contributed by atoms with Crippen molar-refractivity contribution in [3.05, 3.63) is 24.7 Å². The molecule has 2 saturated heterocycles. The Balaban J connectivity index is 1.17. The van der Waals surface area contributed by atoms with Crippen LogP contribution in [0.1, 0.15) is 30.7 Å². The molecule has 24 heteroatoms. The lowest BCUT2D eigenvalue weighted by Crippen LogP contribution is -2.41. The van der Waals surface area contributed by atoms with Gasteiger partial charge in [0, 0.05) is 6.42 Å². The van der Waals surface area contributed by atoms with Crippen LogP contribution in [0.5, 0.6) is 0 Å². The lowest BCUT2D eigenvalue weighted by Gasteiger charge is -2.26. The van der Waals surface area contributed by atoms with E-state index in [9.17, 15) is 29.1 Å². The number of imidazole rings is 2. The van der Waals surface area contributed by atoms with Crippen LogP contribution in [0.3, 0.4) is 0 Å². The fraction of sp³-hybridized carbons (Fsp3) is 0.550. The van der Waals surface area contributed by atoms with Crippen molar-refractivity contribution in [3.8, 4) is 0 Å². The average molecular weight is 661 g/mol. The molecule has 2 fully saturated rings. The van der Waals surface area contributed by atoms with Crippen LogP contribution in [0.2, 0.25) is 0 Å². The lowest BCUT2D eigenvalue weighted by atomic mass is 10.2. The molecule has 0 amide bonds. The van der Waals surface area contributed by atoms with Crippen LogP contribution in [0.4, 0.5) is 11.6 Å². The van der Waals surface area contributed by atoms with Crippen molar-refractivity contribution in [2.75, 3.05) is 18.7 Å². The van der Waals surface area contributed by atoms with Crippen LogP contribution in [-0.4, -0.2) is 98.7 Å². The fourth-order valence-electron chi connectivity index (χ4n) is 4.98. The van der Waals surface area contributed by atoms with E-state index < -0.39 is 78.1 Å². The van der Waals surface area contributed by atoms with Crippen LogP contribution in [0, 0.1) is 0 Å². The first-order valence-corrected chi connectivity index (χ1v) is 16.0. The number of aliphatic hydroxyl groups excluding tert-OH is 2. The number of fused-ring (bicyclic) bond motifs is 2. The summed E-state index contributed by atoms with van der Waals surface area (Å²) >= 11 is 0. The molecule has 3 aliphatic rings. The number of phosphoric acid groups is 1. The first-order valence-electron chi connectivity index (χ1n) is 12.9. The van der Waals surface area contributed by atoms with Gasteiger partial charge in [-0.15, -0.1) is 0 Å².